The van der Waals surface area contributed by atoms with E-state index in [2.05, 4.69) is 15.4 Å². The Morgan fingerprint density at radius 1 is 1.00 bits per heavy atom. The third kappa shape index (κ3) is 5.50. The minimum Gasteiger partial charge on any atom is -0.465 e. The van der Waals surface area contributed by atoms with Gasteiger partial charge in [-0.3, -0.25) is 4.79 Å². The molecule has 0 aliphatic heterocycles. The first-order chi connectivity index (χ1) is 14.3. The first-order valence-electron chi connectivity index (χ1n) is 8.24. The van der Waals surface area contributed by atoms with Gasteiger partial charge in [0.05, 0.1) is 41.1 Å². The summed E-state index contributed by atoms with van der Waals surface area (Å²) in [6.45, 7) is 0. The summed E-state index contributed by atoms with van der Waals surface area (Å²) in [6, 6.07) is 10.3. The Hall–Kier alpha value is -3.54. The van der Waals surface area contributed by atoms with E-state index in [9.17, 15) is 19.6 Å². The van der Waals surface area contributed by atoms with Crippen LogP contribution in [0.25, 0.3) is 0 Å². The summed E-state index contributed by atoms with van der Waals surface area (Å²) >= 11 is 11.7. The molecule has 10 heteroatoms. The second kappa shape index (κ2) is 10.3. The van der Waals surface area contributed by atoms with E-state index in [1.165, 1.54) is 50.6 Å². The maximum atomic E-state index is 12.4. The van der Waals surface area contributed by atoms with E-state index in [1.807, 2.05) is 0 Å². The Morgan fingerprint density at radius 3 is 2.30 bits per heavy atom. The number of carbonyl (C=O) groups is 3. The van der Waals surface area contributed by atoms with Crippen LogP contribution >= 0.6 is 23.2 Å². The van der Waals surface area contributed by atoms with Gasteiger partial charge in [0.2, 0.25) is 0 Å². The van der Waals surface area contributed by atoms with Crippen LogP contribution in [0.3, 0.4) is 0 Å². The molecular formula is C20H15Cl2N3O5. The third-order valence-electron chi connectivity index (χ3n) is 3.76. The van der Waals surface area contributed by atoms with Crippen molar-refractivity contribution in [1.29, 1.82) is 5.26 Å². The number of nitrogens with zero attached hydrogens (tertiary/aromatic N) is 1. The number of methoxy groups -OCH3 is 2. The summed E-state index contributed by atoms with van der Waals surface area (Å²) in [7, 11) is 2.41. The van der Waals surface area contributed by atoms with Crippen LogP contribution in [0.2, 0.25) is 10.0 Å². The normalized spacial score (nSPS) is 10.6. The van der Waals surface area contributed by atoms with Gasteiger partial charge in [-0.15, -0.1) is 0 Å². The molecule has 0 spiro atoms. The van der Waals surface area contributed by atoms with Crippen LogP contribution in [0.1, 0.15) is 20.7 Å². The molecule has 0 aliphatic rings. The van der Waals surface area contributed by atoms with Crippen LogP contribution in [0, 0.1) is 11.3 Å². The van der Waals surface area contributed by atoms with Gasteiger partial charge >= 0.3 is 11.9 Å². The van der Waals surface area contributed by atoms with Gasteiger partial charge in [-0.2, -0.15) is 5.26 Å². The van der Waals surface area contributed by atoms with E-state index in [-0.39, 0.29) is 27.4 Å². The van der Waals surface area contributed by atoms with Crippen molar-refractivity contribution in [1.82, 2.24) is 0 Å². The molecule has 0 bridgehead atoms. The molecule has 0 saturated heterocycles. The zero-order valence-corrected chi connectivity index (χ0v) is 17.3. The number of ether oxygens (including phenoxy) is 2. The molecule has 2 rings (SSSR count). The molecule has 1 amide bonds. The first kappa shape index (κ1) is 22.7. The fraction of sp³-hybridized carbons (Fsp3) is 0.100. The van der Waals surface area contributed by atoms with Crippen molar-refractivity contribution in [3.63, 3.8) is 0 Å². The summed E-state index contributed by atoms with van der Waals surface area (Å²) in [6.07, 6.45) is 1.09. The van der Waals surface area contributed by atoms with Crippen LogP contribution in [-0.4, -0.2) is 32.1 Å². The monoisotopic (exact) mass is 447 g/mol. The highest BCUT2D eigenvalue weighted by Gasteiger charge is 2.16. The standard InChI is InChI=1S/C20H15Cl2N3O5/c1-29-19(27)11-3-5-14(20(28)30-2)17(7-11)24-10-12(9-23)18(26)25-13-4-6-15(21)16(22)8-13/h3-8,10,24H,1-2H3,(H,25,26)/b12-10-. The van der Waals surface area contributed by atoms with Gasteiger partial charge in [0.15, 0.2) is 0 Å². The Labute approximate surface area is 182 Å². The van der Waals surface area contributed by atoms with Crippen LogP contribution in [0.5, 0.6) is 0 Å². The molecule has 0 heterocycles. The molecule has 2 aromatic carbocycles. The van der Waals surface area contributed by atoms with Gasteiger partial charge in [-0.1, -0.05) is 23.2 Å². The van der Waals surface area contributed by atoms with E-state index < -0.39 is 17.8 Å². The third-order valence-corrected chi connectivity index (χ3v) is 4.50. The Bertz CT molecular complexity index is 1080. The molecule has 0 atom stereocenters. The summed E-state index contributed by atoms with van der Waals surface area (Å²) < 4.78 is 9.35. The number of rotatable bonds is 6. The Balaban J connectivity index is 2.30. The van der Waals surface area contributed by atoms with E-state index in [0.29, 0.717) is 10.7 Å². The molecule has 0 fully saturated rings. The van der Waals surface area contributed by atoms with Crippen molar-refractivity contribution >= 4 is 52.4 Å². The number of benzene rings is 2. The van der Waals surface area contributed by atoms with Crippen LogP contribution < -0.4 is 10.6 Å². The highest BCUT2D eigenvalue weighted by atomic mass is 35.5. The minimum absolute atomic E-state index is 0.0867. The number of anilines is 2. The quantitative estimate of drug-likeness (QED) is 0.389. The van der Waals surface area contributed by atoms with Crippen molar-refractivity contribution in [3.8, 4) is 6.07 Å². The van der Waals surface area contributed by atoms with Gasteiger partial charge in [0.25, 0.3) is 5.91 Å². The number of nitriles is 1. The van der Waals surface area contributed by atoms with Crippen LogP contribution in [0.15, 0.2) is 48.2 Å². The summed E-state index contributed by atoms with van der Waals surface area (Å²) in [5.41, 5.74) is 0.405. The average molecular weight is 448 g/mol. The number of hydrogen-bond donors (Lipinski definition) is 2. The molecule has 0 aliphatic carbocycles. The average Bonchev–Trinajstić information content (AvgIpc) is 2.75. The van der Waals surface area contributed by atoms with Crippen LogP contribution in [0.4, 0.5) is 11.4 Å². The fourth-order valence-electron chi connectivity index (χ4n) is 2.27. The topological polar surface area (TPSA) is 118 Å². The van der Waals surface area contributed by atoms with Gasteiger partial charge in [-0.25, -0.2) is 9.59 Å². The van der Waals surface area contributed by atoms with Crippen molar-refractivity contribution in [2.75, 3.05) is 24.9 Å². The lowest BCUT2D eigenvalue weighted by Crippen LogP contribution is -2.15. The second-order valence-electron chi connectivity index (χ2n) is 5.64. The number of amides is 1. The van der Waals surface area contributed by atoms with E-state index in [0.717, 1.165) is 6.20 Å². The number of hydrogen-bond acceptors (Lipinski definition) is 7. The lowest BCUT2D eigenvalue weighted by atomic mass is 10.1. The molecule has 0 radical (unpaired) electrons. The number of nitrogens with one attached hydrogen (secondary N) is 2. The highest BCUT2D eigenvalue weighted by Crippen LogP contribution is 2.25. The van der Waals surface area contributed by atoms with Gasteiger partial charge in [0.1, 0.15) is 11.6 Å². The maximum Gasteiger partial charge on any atom is 0.339 e. The van der Waals surface area contributed by atoms with Gasteiger partial charge in [-0.05, 0) is 36.4 Å². The largest absolute Gasteiger partial charge is 0.465 e. The first-order valence-corrected chi connectivity index (χ1v) is 9.00. The molecule has 8 nitrogen and oxygen atoms in total. The number of halogens is 2. The minimum atomic E-state index is -0.730. The lowest BCUT2D eigenvalue weighted by Gasteiger charge is -2.10. The molecular weight excluding hydrogens is 433 g/mol. The SMILES string of the molecule is COC(=O)c1ccc(C(=O)OC)c(N/C=C(/C#N)C(=O)Nc2ccc(Cl)c(Cl)c2)c1. The molecule has 2 N–H and O–H groups in total. The molecule has 0 unspecified atom stereocenters. The van der Waals surface area contributed by atoms with Crippen molar-refractivity contribution < 1.29 is 23.9 Å². The van der Waals surface area contributed by atoms with E-state index in [4.69, 9.17) is 27.9 Å². The van der Waals surface area contributed by atoms with Gasteiger partial charge in [0, 0.05) is 11.9 Å². The molecule has 154 valence electrons. The fourth-order valence-corrected chi connectivity index (χ4v) is 2.57. The van der Waals surface area contributed by atoms with Crippen LogP contribution in [-0.2, 0) is 14.3 Å². The summed E-state index contributed by atoms with van der Waals surface area (Å²) in [5, 5.41) is 15.1. The predicted octanol–water partition coefficient (Wildman–Crippen LogP) is 4.02. The number of esters is 2. The van der Waals surface area contributed by atoms with Gasteiger partial charge < -0.3 is 20.1 Å². The van der Waals surface area contributed by atoms with E-state index >= 15 is 0 Å². The molecule has 0 aromatic heterocycles. The molecule has 2 aromatic rings. The molecule has 30 heavy (non-hydrogen) atoms. The number of carbonyl (C=O) groups excluding carboxylic acids is 3. The smallest absolute Gasteiger partial charge is 0.339 e. The van der Waals surface area contributed by atoms with E-state index in [1.54, 1.807) is 6.07 Å². The van der Waals surface area contributed by atoms with Crippen molar-refractivity contribution in [2.45, 2.75) is 0 Å². The predicted molar refractivity (Wildman–Crippen MR) is 112 cm³/mol. The Kier molecular flexibility index (Phi) is 7.81. The maximum absolute atomic E-state index is 12.4. The van der Waals surface area contributed by atoms with Crippen molar-refractivity contribution in [3.05, 3.63) is 69.3 Å². The lowest BCUT2D eigenvalue weighted by molar-refractivity contribution is -0.112. The van der Waals surface area contributed by atoms with Crippen molar-refractivity contribution in [2.24, 2.45) is 0 Å². The highest BCUT2D eigenvalue weighted by molar-refractivity contribution is 6.42. The zero-order chi connectivity index (χ0) is 22.3. The molecule has 0 saturated carbocycles. The zero-order valence-electron chi connectivity index (χ0n) is 15.8. The second-order valence-corrected chi connectivity index (χ2v) is 6.46. The summed E-state index contributed by atoms with van der Waals surface area (Å²) in [5.74, 6) is -2.04. The Morgan fingerprint density at radius 2 is 1.70 bits per heavy atom. The summed E-state index contributed by atoms with van der Waals surface area (Å²) in [4.78, 5) is 36.1.